The van der Waals surface area contributed by atoms with E-state index in [9.17, 15) is 5.21 Å². The van der Waals surface area contributed by atoms with Gasteiger partial charge in [0.05, 0.1) is 11.6 Å². The van der Waals surface area contributed by atoms with Gasteiger partial charge in [-0.1, -0.05) is 0 Å². The number of hydrogen-bond donors (Lipinski definition) is 0. The van der Waals surface area contributed by atoms with Gasteiger partial charge in [-0.3, -0.25) is 4.98 Å². The Kier molecular flexibility index (Phi) is 1.18. The molecule has 0 amide bonds. The zero-order valence-electron chi connectivity index (χ0n) is 5.64. The van der Waals surface area contributed by atoms with Gasteiger partial charge in [-0.15, -0.1) is 0 Å². The number of rotatable bonds is 0. The molecule has 0 saturated heterocycles. The van der Waals surface area contributed by atoms with Gasteiger partial charge in [0.15, 0.2) is 0 Å². The van der Waals surface area contributed by atoms with Gasteiger partial charge in [-0.2, -0.15) is 0 Å². The van der Waals surface area contributed by atoms with Crippen LogP contribution in [-0.4, -0.2) is 10.1 Å². The summed E-state index contributed by atoms with van der Waals surface area (Å²) in [5.41, 5.74) is 0.495. The van der Waals surface area contributed by atoms with Crippen LogP contribution >= 0.6 is 0 Å². The van der Waals surface area contributed by atoms with Crippen LogP contribution in [0, 0.1) is 5.21 Å². The summed E-state index contributed by atoms with van der Waals surface area (Å²) in [5.74, 6) is 0. The summed E-state index contributed by atoms with van der Waals surface area (Å²) in [5, 5.41) is 15.3. The van der Waals surface area contributed by atoms with E-state index in [1.165, 1.54) is 12.4 Å². The molecular weight excluding hydrogens is 142 g/mol. The Morgan fingerprint density at radius 2 is 2.09 bits per heavy atom. The van der Waals surface area contributed by atoms with E-state index < -0.39 is 0 Å². The first-order chi connectivity index (χ1) is 5.38. The number of nitrogens with zero attached hydrogens (tertiary/aromatic N) is 3. The highest BCUT2D eigenvalue weighted by Crippen LogP contribution is 2.03. The maximum atomic E-state index is 10.9. The number of hydrogen-bond acceptors (Lipinski definition) is 3. The average Bonchev–Trinajstić information content (AvgIpc) is 2.06. The van der Waals surface area contributed by atoms with Gasteiger partial charge in [0.1, 0.15) is 6.20 Å². The highest BCUT2D eigenvalue weighted by Gasteiger charge is 2.00. The van der Waals surface area contributed by atoms with Crippen molar-refractivity contribution < 1.29 is 4.85 Å². The van der Waals surface area contributed by atoms with Crippen molar-refractivity contribution in [2.24, 2.45) is 0 Å². The SMILES string of the molecule is [O-][n+]1nccc2ccncc21. The molecule has 0 aliphatic rings. The van der Waals surface area contributed by atoms with Crippen molar-refractivity contribution in [2.45, 2.75) is 0 Å². The molecule has 0 N–H and O–H groups in total. The zero-order valence-corrected chi connectivity index (χ0v) is 5.64. The third kappa shape index (κ3) is 0.881. The molecular formula is C7H5N3O. The molecule has 0 aromatic carbocycles. The van der Waals surface area contributed by atoms with Crippen LogP contribution in [0.15, 0.2) is 30.7 Å². The Balaban J connectivity index is 2.91. The van der Waals surface area contributed by atoms with Crippen molar-refractivity contribution in [1.29, 1.82) is 0 Å². The molecule has 4 nitrogen and oxygen atoms in total. The minimum Gasteiger partial charge on any atom is -0.594 e. The molecule has 0 saturated carbocycles. The molecule has 54 valence electrons. The first-order valence-electron chi connectivity index (χ1n) is 3.16. The molecule has 2 rings (SSSR count). The highest BCUT2D eigenvalue weighted by atomic mass is 16.5. The largest absolute Gasteiger partial charge is 0.594 e. The molecule has 4 heteroatoms. The van der Waals surface area contributed by atoms with Crippen LogP contribution in [0.2, 0.25) is 0 Å². The summed E-state index contributed by atoms with van der Waals surface area (Å²) >= 11 is 0. The first-order valence-corrected chi connectivity index (χ1v) is 3.16. The van der Waals surface area contributed by atoms with E-state index in [0.717, 1.165) is 5.39 Å². The van der Waals surface area contributed by atoms with E-state index in [0.29, 0.717) is 10.4 Å². The van der Waals surface area contributed by atoms with Gasteiger partial charge < -0.3 is 5.21 Å². The standard InChI is InChI=1S/C7H5N3O/c11-10-7-5-8-3-1-6(7)2-4-9-10/h1-5H. The lowest BCUT2D eigenvalue weighted by atomic mass is 10.3. The highest BCUT2D eigenvalue weighted by molar-refractivity contribution is 5.73. The lowest BCUT2D eigenvalue weighted by molar-refractivity contribution is -0.642. The smallest absolute Gasteiger partial charge is 0.270 e. The first kappa shape index (κ1) is 6.03. The molecule has 0 spiro atoms. The molecule has 0 aliphatic carbocycles. The Hall–Kier alpha value is -1.71. The van der Waals surface area contributed by atoms with Crippen LogP contribution in [0.1, 0.15) is 0 Å². The van der Waals surface area contributed by atoms with Crippen LogP contribution < -0.4 is 4.85 Å². The van der Waals surface area contributed by atoms with E-state index in [-0.39, 0.29) is 0 Å². The van der Waals surface area contributed by atoms with Crippen molar-refractivity contribution in [1.82, 2.24) is 10.1 Å². The number of pyridine rings is 1. The van der Waals surface area contributed by atoms with Gasteiger partial charge in [0.25, 0.3) is 5.52 Å². The lowest BCUT2D eigenvalue weighted by Crippen LogP contribution is -2.31. The van der Waals surface area contributed by atoms with E-state index in [4.69, 9.17) is 0 Å². The second-order valence-electron chi connectivity index (χ2n) is 2.14. The van der Waals surface area contributed by atoms with Gasteiger partial charge in [0.2, 0.25) is 0 Å². The fourth-order valence-corrected chi connectivity index (χ4v) is 0.934. The number of fused-ring (bicyclic) bond motifs is 1. The van der Waals surface area contributed by atoms with Crippen molar-refractivity contribution in [3.63, 3.8) is 0 Å². The van der Waals surface area contributed by atoms with Gasteiger partial charge in [-0.05, 0) is 17.0 Å². The van der Waals surface area contributed by atoms with Crippen molar-refractivity contribution in [3.8, 4) is 0 Å². The van der Waals surface area contributed by atoms with E-state index >= 15 is 0 Å². The van der Waals surface area contributed by atoms with Crippen LogP contribution in [0.25, 0.3) is 10.9 Å². The second kappa shape index (κ2) is 2.16. The second-order valence-corrected chi connectivity index (χ2v) is 2.14. The Morgan fingerprint density at radius 3 is 2.91 bits per heavy atom. The number of aromatic nitrogens is 3. The Morgan fingerprint density at radius 1 is 1.27 bits per heavy atom. The van der Waals surface area contributed by atoms with Crippen molar-refractivity contribution >= 4 is 10.9 Å². The minimum atomic E-state index is 0.495. The molecule has 2 heterocycles. The summed E-state index contributed by atoms with van der Waals surface area (Å²) in [6.07, 6.45) is 4.60. The fraction of sp³-hybridized carbons (Fsp3) is 0. The molecule has 0 unspecified atom stereocenters. The summed E-state index contributed by atoms with van der Waals surface area (Å²) < 4.78 is 0. The van der Waals surface area contributed by atoms with Gasteiger partial charge >= 0.3 is 0 Å². The van der Waals surface area contributed by atoms with Crippen LogP contribution in [0.3, 0.4) is 0 Å². The molecule has 2 aromatic rings. The molecule has 0 atom stereocenters. The molecule has 11 heavy (non-hydrogen) atoms. The zero-order chi connectivity index (χ0) is 7.68. The van der Waals surface area contributed by atoms with E-state index in [1.807, 2.05) is 0 Å². The van der Waals surface area contributed by atoms with Crippen LogP contribution in [0.4, 0.5) is 0 Å². The molecule has 0 radical (unpaired) electrons. The maximum absolute atomic E-state index is 10.9. The van der Waals surface area contributed by atoms with Gasteiger partial charge in [0, 0.05) is 11.3 Å². The summed E-state index contributed by atoms with van der Waals surface area (Å²) in [6.45, 7) is 0. The third-order valence-corrected chi connectivity index (χ3v) is 1.46. The summed E-state index contributed by atoms with van der Waals surface area (Å²) in [7, 11) is 0. The fourth-order valence-electron chi connectivity index (χ4n) is 0.934. The third-order valence-electron chi connectivity index (χ3n) is 1.46. The van der Waals surface area contributed by atoms with E-state index in [2.05, 4.69) is 10.1 Å². The normalized spacial score (nSPS) is 10.2. The monoisotopic (exact) mass is 147 g/mol. The van der Waals surface area contributed by atoms with Crippen LogP contribution in [0.5, 0.6) is 0 Å². The topological polar surface area (TPSA) is 52.7 Å². The maximum Gasteiger partial charge on any atom is 0.270 e. The lowest BCUT2D eigenvalue weighted by Gasteiger charge is -1.94. The van der Waals surface area contributed by atoms with E-state index in [1.54, 1.807) is 18.3 Å². The van der Waals surface area contributed by atoms with Crippen molar-refractivity contribution in [3.05, 3.63) is 35.9 Å². The quantitative estimate of drug-likeness (QED) is 0.397. The molecule has 0 aliphatic heterocycles. The average molecular weight is 147 g/mol. The summed E-state index contributed by atoms with van der Waals surface area (Å²) in [6, 6.07) is 3.54. The molecule has 0 bridgehead atoms. The van der Waals surface area contributed by atoms with Gasteiger partial charge in [-0.25, -0.2) is 0 Å². The predicted octanol–water partition coefficient (Wildman–Crippen LogP) is 0.263. The Labute approximate surface area is 62.7 Å². The summed E-state index contributed by atoms with van der Waals surface area (Å²) in [4.78, 5) is 4.37. The molecule has 0 fully saturated rings. The van der Waals surface area contributed by atoms with Crippen LogP contribution in [-0.2, 0) is 0 Å². The Bertz CT molecular complexity index is 383. The predicted molar refractivity (Wildman–Crippen MR) is 38.5 cm³/mol. The van der Waals surface area contributed by atoms with Crippen molar-refractivity contribution in [2.75, 3.05) is 0 Å². The molecule has 2 aromatic heterocycles. The minimum absolute atomic E-state index is 0.495.